The first-order chi connectivity index (χ1) is 13.8. The molecular weight excluding hydrogens is 434 g/mol. The number of thiazole rings is 1. The minimum atomic E-state index is 0.611. The first-order valence-corrected chi connectivity index (χ1v) is 10.3. The molecule has 4 nitrogen and oxygen atoms in total. The number of nitrogens with one attached hydrogen (secondary N) is 1. The molecule has 0 amide bonds. The molecule has 0 saturated carbocycles. The second-order valence-electron chi connectivity index (χ2n) is 5.86. The molecule has 0 spiro atoms. The molecule has 0 unspecified atom stereocenters. The zero-order valence-corrected chi connectivity index (χ0v) is 17.2. The molecule has 0 aliphatic rings. The zero-order valence-electron chi connectivity index (χ0n) is 14.7. The number of benzene rings is 2. The van der Waals surface area contributed by atoms with E-state index in [4.69, 9.17) is 4.74 Å². The van der Waals surface area contributed by atoms with Crippen LogP contribution in [0.15, 0.2) is 82.8 Å². The number of anilines is 2. The first-order valence-electron chi connectivity index (χ1n) is 8.60. The monoisotopic (exact) mass is 449 g/mol. The van der Waals surface area contributed by atoms with E-state index in [1.807, 2.05) is 72.1 Å². The number of pyridine rings is 1. The number of para-hydroxylation sites is 1. The Balaban J connectivity index is 1.52. The first kappa shape index (κ1) is 18.4. The summed E-state index contributed by atoms with van der Waals surface area (Å²) in [6.07, 6.45) is 5.76. The van der Waals surface area contributed by atoms with Crippen molar-refractivity contribution in [3.8, 4) is 11.5 Å². The molecule has 28 heavy (non-hydrogen) atoms. The van der Waals surface area contributed by atoms with Crippen molar-refractivity contribution in [2.45, 2.75) is 0 Å². The van der Waals surface area contributed by atoms with Crippen molar-refractivity contribution < 1.29 is 4.74 Å². The predicted octanol–water partition coefficient (Wildman–Crippen LogP) is 7.01. The van der Waals surface area contributed by atoms with E-state index < -0.39 is 0 Å². The van der Waals surface area contributed by atoms with Gasteiger partial charge in [-0.15, -0.1) is 11.3 Å². The van der Waals surface area contributed by atoms with Crippen LogP contribution in [0.3, 0.4) is 0 Å². The molecule has 0 radical (unpaired) electrons. The Labute approximate surface area is 175 Å². The zero-order chi connectivity index (χ0) is 19.2. The Morgan fingerprint density at radius 2 is 1.71 bits per heavy atom. The Morgan fingerprint density at radius 1 is 0.964 bits per heavy atom. The van der Waals surface area contributed by atoms with Gasteiger partial charge >= 0.3 is 0 Å². The van der Waals surface area contributed by atoms with E-state index in [1.54, 1.807) is 6.20 Å². The van der Waals surface area contributed by atoms with Crippen molar-refractivity contribution in [3.05, 3.63) is 94.0 Å². The smallest absolute Gasteiger partial charge is 0.188 e. The van der Waals surface area contributed by atoms with Crippen LogP contribution >= 0.6 is 27.3 Å². The van der Waals surface area contributed by atoms with Crippen molar-refractivity contribution in [2.75, 3.05) is 5.32 Å². The summed E-state index contributed by atoms with van der Waals surface area (Å²) in [5.74, 6) is 1.98. The third-order valence-corrected chi connectivity index (χ3v) is 4.99. The van der Waals surface area contributed by atoms with Gasteiger partial charge in [0.1, 0.15) is 5.75 Å². The lowest BCUT2D eigenvalue weighted by molar-refractivity contribution is 0.482. The van der Waals surface area contributed by atoms with Gasteiger partial charge in [-0.05, 0) is 39.7 Å². The lowest BCUT2D eigenvalue weighted by Crippen LogP contribution is -1.97. The number of halogens is 1. The maximum atomic E-state index is 5.98. The van der Waals surface area contributed by atoms with E-state index in [2.05, 4.69) is 43.3 Å². The van der Waals surface area contributed by atoms with Crippen LogP contribution in [-0.2, 0) is 0 Å². The average molecular weight is 450 g/mol. The van der Waals surface area contributed by atoms with Gasteiger partial charge in [0.25, 0.3) is 0 Å². The second-order valence-corrected chi connectivity index (χ2v) is 7.64. The summed E-state index contributed by atoms with van der Waals surface area (Å²) in [4.78, 5) is 9.04. The molecule has 0 aliphatic carbocycles. The molecule has 0 bridgehead atoms. The van der Waals surface area contributed by atoms with Crippen LogP contribution in [0.5, 0.6) is 11.5 Å². The molecule has 138 valence electrons. The van der Waals surface area contributed by atoms with E-state index in [-0.39, 0.29) is 0 Å². The number of nitrogens with zero attached hydrogens (tertiary/aromatic N) is 2. The van der Waals surface area contributed by atoms with Gasteiger partial charge in [-0.1, -0.05) is 54.6 Å². The van der Waals surface area contributed by atoms with Crippen LogP contribution in [0.4, 0.5) is 10.9 Å². The number of ether oxygens (including phenoxy) is 1. The quantitative estimate of drug-likeness (QED) is 0.343. The highest BCUT2D eigenvalue weighted by molar-refractivity contribution is 9.10. The highest BCUT2D eigenvalue weighted by Crippen LogP contribution is 2.33. The molecule has 4 rings (SSSR count). The van der Waals surface area contributed by atoms with Crippen LogP contribution in [0.1, 0.15) is 11.3 Å². The molecule has 0 saturated heterocycles. The summed E-state index contributed by atoms with van der Waals surface area (Å²) >= 11 is 4.97. The van der Waals surface area contributed by atoms with Gasteiger partial charge in [0.2, 0.25) is 0 Å². The molecule has 6 heteroatoms. The van der Waals surface area contributed by atoms with Crippen LogP contribution < -0.4 is 10.1 Å². The summed E-state index contributed by atoms with van der Waals surface area (Å²) in [7, 11) is 0. The van der Waals surface area contributed by atoms with Crippen molar-refractivity contribution in [1.82, 2.24) is 9.97 Å². The predicted molar refractivity (Wildman–Crippen MR) is 119 cm³/mol. The minimum Gasteiger partial charge on any atom is -0.453 e. The van der Waals surface area contributed by atoms with Gasteiger partial charge in [-0.2, -0.15) is 0 Å². The molecule has 1 N–H and O–H groups in total. The van der Waals surface area contributed by atoms with Crippen LogP contribution in [0.2, 0.25) is 0 Å². The molecule has 0 aliphatic heterocycles. The fourth-order valence-electron chi connectivity index (χ4n) is 2.48. The van der Waals surface area contributed by atoms with Crippen LogP contribution in [0.25, 0.3) is 12.2 Å². The summed E-state index contributed by atoms with van der Waals surface area (Å²) in [5, 5.41) is 6.00. The van der Waals surface area contributed by atoms with E-state index in [1.165, 1.54) is 11.3 Å². The van der Waals surface area contributed by atoms with Gasteiger partial charge in [0, 0.05) is 22.1 Å². The summed E-state index contributed by atoms with van der Waals surface area (Å²) in [5.41, 5.74) is 2.03. The van der Waals surface area contributed by atoms with Crippen LogP contribution in [0, 0.1) is 0 Å². The third-order valence-electron chi connectivity index (χ3n) is 3.78. The standard InChI is InChI=1S/C22H16BrN3OS/c23-17-13-20(27-19-9-5-2-6-10-19)21(24-14-17)26-22-25-18(15-28-22)12-11-16-7-3-1-4-8-16/h1-15H,(H,24,25,26). The highest BCUT2D eigenvalue weighted by Gasteiger charge is 2.10. The Hall–Kier alpha value is -2.96. The fraction of sp³-hybridized carbons (Fsp3) is 0. The van der Waals surface area contributed by atoms with Crippen LogP contribution in [-0.4, -0.2) is 9.97 Å². The van der Waals surface area contributed by atoms with Crippen molar-refractivity contribution >= 4 is 50.4 Å². The van der Waals surface area contributed by atoms with Gasteiger partial charge < -0.3 is 10.1 Å². The minimum absolute atomic E-state index is 0.611. The summed E-state index contributed by atoms with van der Waals surface area (Å²) in [6.45, 7) is 0. The lowest BCUT2D eigenvalue weighted by atomic mass is 10.2. The average Bonchev–Trinajstić information content (AvgIpc) is 3.17. The van der Waals surface area contributed by atoms with E-state index in [0.717, 1.165) is 26.6 Å². The Morgan fingerprint density at radius 3 is 2.50 bits per heavy atom. The second kappa shape index (κ2) is 8.82. The molecule has 2 heterocycles. The van der Waals surface area contributed by atoms with Crippen molar-refractivity contribution in [1.29, 1.82) is 0 Å². The largest absolute Gasteiger partial charge is 0.453 e. The van der Waals surface area contributed by atoms with Gasteiger partial charge in [0.15, 0.2) is 16.7 Å². The SMILES string of the molecule is Brc1cnc(Nc2nc(C=Cc3ccccc3)cs2)c(Oc2ccccc2)c1. The Bertz CT molecular complexity index is 1080. The van der Waals surface area contributed by atoms with E-state index in [0.29, 0.717) is 11.6 Å². The normalized spacial score (nSPS) is 10.9. The molecule has 0 atom stereocenters. The highest BCUT2D eigenvalue weighted by atomic mass is 79.9. The Kier molecular flexibility index (Phi) is 5.80. The van der Waals surface area contributed by atoms with Gasteiger partial charge in [-0.3, -0.25) is 0 Å². The topological polar surface area (TPSA) is 47.0 Å². The maximum Gasteiger partial charge on any atom is 0.188 e. The van der Waals surface area contributed by atoms with Gasteiger partial charge in [0.05, 0.1) is 5.69 Å². The molecule has 4 aromatic rings. The number of hydrogen-bond donors (Lipinski definition) is 1. The molecular formula is C22H16BrN3OS. The van der Waals surface area contributed by atoms with Crippen molar-refractivity contribution in [3.63, 3.8) is 0 Å². The number of aromatic nitrogens is 2. The van der Waals surface area contributed by atoms with E-state index >= 15 is 0 Å². The van der Waals surface area contributed by atoms with Crippen molar-refractivity contribution in [2.24, 2.45) is 0 Å². The fourth-order valence-corrected chi connectivity index (χ4v) is 3.46. The lowest BCUT2D eigenvalue weighted by Gasteiger charge is -2.11. The van der Waals surface area contributed by atoms with Gasteiger partial charge in [-0.25, -0.2) is 9.97 Å². The summed E-state index contributed by atoms with van der Waals surface area (Å²) < 4.78 is 6.82. The third kappa shape index (κ3) is 4.85. The summed E-state index contributed by atoms with van der Waals surface area (Å²) in [6, 6.07) is 21.6. The molecule has 2 aromatic carbocycles. The molecule has 2 aromatic heterocycles. The number of rotatable bonds is 6. The maximum absolute atomic E-state index is 5.98. The van der Waals surface area contributed by atoms with E-state index in [9.17, 15) is 0 Å². The molecule has 0 fully saturated rings. The number of hydrogen-bond acceptors (Lipinski definition) is 5.